The number of aromatic nitrogens is 2. The molecule has 8 N–H and O–H groups in total. The number of amides is 1. The molecular formula is C20H25ClN8O2. The summed E-state index contributed by atoms with van der Waals surface area (Å²) in [5.74, 6) is -0.924. The molecule has 1 amide bonds. The maximum absolute atomic E-state index is 12.3. The molecule has 1 fully saturated rings. The number of likely N-dealkylation sites (tertiary alicyclic amines) is 1. The minimum Gasteiger partial charge on any atom is -0.508 e. The number of benzene rings is 1. The van der Waals surface area contributed by atoms with Crippen molar-refractivity contribution >= 4 is 40.9 Å². The summed E-state index contributed by atoms with van der Waals surface area (Å²) in [6, 6.07) is 7.76. The van der Waals surface area contributed by atoms with Gasteiger partial charge in [0.15, 0.2) is 28.4 Å². The van der Waals surface area contributed by atoms with E-state index < -0.39 is 5.91 Å². The number of aliphatic imine (C=N–C) groups is 1. The maximum Gasteiger partial charge on any atom is 0.302 e. The van der Waals surface area contributed by atoms with E-state index in [9.17, 15) is 9.90 Å². The lowest BCUT2D eigenvalue weighted by Gasteiger charge is -2.32. The first-order valence-corrected chi connectivity index (χ1v) is 10.0. The number of guanidine groups is 1. The van der Waals surface area contributed by atoms with E-state index >= 15 is 0 Å². The third kappa shape index (κ3) is 5.83. The quantitative estimate of drug-likeness (QED) is 0.260. The van der Waals surface area contributed by atoms with Crippen molar-refractivity contribution in [1.82, 2.24) is 20.2 Å². The summed E-state index contributed by atoms with van der Waals surface area (Å²) in [7, 11) is 0. The van der Waals surface area contributed by atoms with Gasteiger partial charge in [0.2, 0.25) is 0 Å². The van der Waals surface area contributed by atoms with Gasteiger partial charge in [-0.3, -0.25) is 9.69 Å². The molecule has 1 aromatic carbocycles. The number of nitrogens with zero attached hydrogens (tertiary/aromatic N) is 4. The van der Waals surface area contributed by atoms with Crippen LogP contribution in [-0.2, 0) is 6.54 Å². The first kappa shape index (κ1) is 22.3. The van der Waals surface area contributed by atoms with Crippen molar-refractivity contribution < 1.29 is 9.90 Å². The third-order valence-electron chi connectivity index (χ3n) is 4.96. The van der Waals surface area contributed by atoms with Crippen LogP contribution >= 0.6 is 11.6 Å². The number of nitrogen functional groups attached to an aromatic ring is 2. The van der Waals surface area contributed by atoms with Crippen LogP contribution in [-0.4, -0.2) is 51.0 Å². The smallest absolute Gasteiger partial charge is 0.302 e. The molecule has 164 valence electrons. The van der Waals surface area contributed by atoms with Gasteiger partial charge in [0.1, 0.15) is 5.76 Å². The number of halogens is 1. The Balaban J connectivity index is 1.51. The van der Waals surface area contributed by atoms with Crippen molar-refractivity contribution in [2.75, 3.05) is 24.6 Å². The predicted molar refractivity (Wildman–Crippen MR) is 121 cm³/mol. The predicted octanol–water partition coefficient (Wildman–Crippen LogP) is 1.53. The van der Waals surface area contributed by atoms with Gasteiger partial charge in [-0.2, -0.15) is 4.99 Å². The summed E-state index contributed by atoms with van der Waals surface area (Å²) in [5, 5.41) is 12.4. The Morgan fingerprint density at radius 3 is 2.48 bits per heavy atom. The van der Waals surface area contributed by atoms with Crippen LogP contribution in [0.1, 0.15) is 34.5 Å². The number of nitrogens with one attached hydrogen (secondary N) is 1. The van der Waals surface area contributed by atoms with Crippen LogP contribution < -0.4 is 22.5 Å². The molecule has 3 rings (SSSR count). The number of rotatable bonds is 5. The fourth-order valence-electron chi connectivity index (χ4n) is 3.30. The molecule has 31 heavy (non-hydrogen) atoms. The monoisotopic (exact) mass is 444 g/mol. The number of aliphatic hydroxyl groups excluding tert-OH is 1. The van der Waals surface area contributed by atoms with E-state index in [1.54, 1.807) is 0 Å². The Morgan fingerprint density at radius 2 is 1.87 bits per heavy atom. The Hall–Kier alpha value is -3.37. The standard InChI is InChI=1S/C20H25ClN8O2/c1-11(30)13-4-2-12(3-5-13)10-29-8-6-14(7-9-29)25-20(24)28-19(31)15-17(22)27-18(23)16(21)26-15/h2-5,14,30H,1,6-10H2,(H4,22,23,27)(H3,24,25,28,31). The zero-order valence-corrected chi connectivity index (χ0v) is 17.6. The van der Waals surface area contributed by atoms with E-state index in [1.165, 1.54) is 0 Å². The average molecular weight is 445 g/mol. The van der Waals surface area contributed by atoms with Crippen molar-refractivity contribution in [2.45, 2.75) is 25.4 Å². The van der Waals surface area contributed by atoms with Crippen molar-refractivity contribution in [1.29, 1.82) is 0 Å². The number of hydrogen-bond donors (Lipinski definition) is 5. The van der Waals surface area contributed by atoms with Gasteiger partial charge in [0.05, 0.1) is 0 Å². The first-order valence-electron chi connectivity index (χ1n) is 9.66. The Bertz CT molecular complexity index is 1000. The number of hydrogen-bond acceptors (Lipinski definition) is 7. The van der Waals surface area contributed by atoms with Crippen molar-refractivity contribution in [3.63, 3.8) is 0 Å². The second kappa shape index (κ2) is 9.63. The lowest BCUT2D eigenvalue weighted by molar-refractivity contribution is 0.0998. The molecule has 10 nitrogen and oxygen atoms in total. The first-order chi connectivity index (χ1) is 14.7. The number of carbonyl (C=O) groups excluding carboxylic acids is 1. The van der Waals surface area contributed by atoms with E-state index in [1.807, 2.05) is 24.3 Å². The highest BCUT2D eigenvalue weighted by Gasteiger charge is 2.21. The minimum atomic E-state index is -0.747. The molecule has 1 aliphatic heterocycles. The summed E-state index contributed by atoms with van der Waals surface area (Å²) in [5.41, 5.74) is 18.7. The number of aliphatic hydroxyl groups is 1. The zero-order chi connectivity index (χ0) is 22.5. The van der Waals surface area contributed by atoms with Gasteiger partial charge in [-0.25, -0.2) is 9.97 Å². The molecule has 0 radical (unpaired) electrons. The molecule has 11 heteroatoms. The highest BCUT2D eigenvalue weighted by molar-refractivity contribution is 6.31. The fourth-order valence-corrected chi connectivity index (χ4v) is 3.43. The summed E-state index contributed by atoms with van der Waals surface area (Å²) in [4.78, 5) is 26.0. The van der Waals surface area contributed by atoms with Gasteiger partial charge in [-0.05, 0) is 18.4 Å². The molecule has 1 aliphatic rings. The number of anilines is 2. The van der Waals surface area contributed by atoms with Crippen LogP contribution in [0.25, 0.3) is 5.76 Å². The van der Waals surface area contributed by atoms with Gasteiger partial charge < -0.3 is 27.6 Å². The minimum absolute atomic E-state index is 0.0163. The van der Waals surface area contributed by atoms with E-state index in [2.05, 4.69) is 31.8 Å². The maximum atomic E-state index is 12.3. The second-order valence-corrected chi connectivity index (χ2v) is 7.63. The lowest BCUT2D eigenvalue weighted by atomic mass is 10.0. The third-order valence-corrected chi connectivity index (χ3v) is 5.24. The number of piperidine rings is 1. The van der Waals surface area contributed by atoms with E-state index in [-0.39, 0.29) is 40.2 Å². The molecule has 1 aromatic heterocycles. The largest absolute Gasteiger partial charge is 0.508 e. The summed E-state index contributed by atoms with van der Waals surface area (Å²) in [6.07, 6.45) is 1.68. The van der Waals surface area contributed by atoms with Gasteiger partial charge >= 0.3 is 5.91 Å². The Labute approximate surface area is 184 Å². The molecule has 1 saturated heterocycles. The molecule has 0 unspecified atom stereocenters. The van der Waals surface area contributed by atoms with Crippen LogP contribution in [0.2, 0.25) is 5.15 Å². The highest BCUT2D eigenvalue weighted by atomic mass is 35.5. The SMILES string of the molecule is C=C(O)c1ccc(CN2CCC(N/C(N)=N/C(=O)c3nc(Cl)c(N)nc3N)CC2)cc1. The molecule has 2 aromatic rings. The topological polar surface area (TPSA) is 169 Å². The molecule has 0 spiro atoms. The van der Waals surface area contributed by atoms with Crippen molar-refractivity contribution in [3.05, 3.63) is 52.8 Å². The molecule has 0 saturated carbocycles. The molecule has 0 atom stereocenters. The Morgan fingerprint density at radius 1 is 1.23 bits per heavy atom. The Kier molecular flexibility index (Phi) is 6.93. The van der Waals surface area contributed by atoms with Crippen LogP contribution in [0.5, 0.6) is 0 Å². The number of nitrogens with two attached hydrogens (primary N) is 3. The van der Waals surface area contributed by atoms with Gasteiger partial charge in [-0.1, -0.05) is 42.4 Å². The average Bonchev–Trinajstić information content (AvgIpc) is 2.72. The van der Waals surface area contributed by atoms with E-state index in [4.69, 9.17) is 28.8 Å². The van der Waals surface area contributed by atoms with Crippen LogP contribution in [0.3, 0.4) is 0 Å². The van der Waals surface area contributed by atoms with Gasteiger partial charge in [0, 0.05) is 31.2 Å². The van der Waals surface area contributed by atoms with Gasteiger partial charge in [-0.15, -0.1) is 0 Å². The molecule has 0 aliphatic carbocycles. The van der Waals surface area contributed by atoms with E-state index in [0.29, 0.717) is 5.56 Å². The normalized spacial score (nSPS) is 15.6. The van der Waals surface area contributed by atoms with Crippen molar-refractivity contribution in [2.24, 2.45) is 10.7 Å². The molecule has 2 heterocycles. The zero-order valence-electron chi connectivity index (χ0n) is 16.9. The van der Waals surface area contributed by atoms with Gasteiger partial charge in [0.25, 0.3) is 0 Å². The highest BCUT2D eigenvalue weighted by Crippen LogP contribution is 2.18. The second-order valence-electron chi connectivity index (χ2n) is 7.27. The van der Waals surface area contributed by atoms with E-state index in [0.717, 1.165) is 38.0 Å². The summed E-state index contributed by atoms with van der Waals surface area (Å²) < 4.78 is 0. The summed E-state index contributed by atoms with van der Waals surface area (Å²) >= 11 is 5.79. The number of carbonyl (C=O) groups is 1. The lowest BCUT2D eigenvalue weighted by Crippen LogP contribution is -2.47. The van der Waals surface area contributed by atoms with Crippen LogP contribution in [0.15, 0.2) is 35.8 Å². The molecular weight excluding hydrogens is 420 g/mol. The van der Waals surface area contributed by atoms with Crippen LogP contribution in [0, 0.1) is 0 Å². The molecule has 0 bridgehead atoms. The fraction of sp³-hybridized carbons (Fsp3) is 0.300. The van der Waals surface area contributed by atoms with Crippen LogP contribution in [0.4, 0.5) is 11.6 Å². The summed E-state index contributed by atoms with van der Waals surface area (Å²) in [6.45, 7) is 6.05. The van der Waals surface area contributed by atoms with Crippen molar-refractivity contribution in [3.8, 4) is 0 Å².